The van der Waals surface area contributed by atoms with Gasteiger partial charge in [-0.25, -0.2) is 4.79 Å². The van der Waals surface area contributed by atoms with Crippen LogP contribution in [0, 0.1) is 0 Å². The van der Waals surface area contributed by atoms with E-state index < -0.39 is 18.2 Å². The van der Waals surface area contributed by atoms with E-state index in [2.05, 4.69) is 6.58 Å². The topological polar surface area (TPSA) is 52.6 Å². The number of carbonyl (C=O) groups is 2. The van der Waals surface area contributed by atoms with Crippen LogP contribution in [0.25, 0.3) is 0 Å². The summed E-state index contributed by atoms with van der Waals surface area (Å²) in [6.45, 7) is 10.7. The van der Waals surface area contributed by atoms with Gasteiger partial charge in [0, 0.05) is 16.7 Å². The number of Topliss-reactive ketones (excluding diaryl/α,β-unsaturated/α-hetero) is 1. The first-order valence-electron chi connectivity index (χ1n) is 7.16. The minimum atomic E-state index is -0.589. The lowest BCUT2D eigenvalue weighted by Gasteiger charge is -2.20. The molecular weight excluding hydrogens is 280 g/mol. The lowest BCUT2D eigenvalue weighted by molar-refractivity contribution is -0.146. The van der Waals surface area contributed by atoms with Crippen molar-refractivity contribution >= 4 is 11.8 Å². The fourth-order valence-electron chi connectivity index (χ4n) is 2.27. The van der Waals surface area contributed by atoms with Crippen molar-refractivity contribution in [1.82, 2.24) is 0 Å². The highest BCUT2D eigenvalue weighted by molar-refractivity contribution is 5.94. The first kappa shape index (κ1) is 16.0. The average Bonchev–Trinajstić information content (AvgIpc) is 2.84. The number of carbonyl (C=O) groups excluding carboxylic acids is 2. The van der Waals surface area contributed by atoms with Crippen LogP contribution in [0.3, 0.4) is 0 Å². The fraction of sp³-hybridized carbons (Fsp3) is 0.333. The van der Waals surface area contributed by atoms with Crippen LogP contribution in [0.15, 0.2) is 42.0 Å². The third-order valence-corrected chi connectivity index (χ3v) is 3.73. The Bertz CT molecular complexity index is 670. The molecule has 0 N–H and O–H groups in total. The van der Waals surface area contributed by atoms with E-state index in [4.69, 9.17) is 9.47 Å². The first-order chi connectivity index (χ1) is 10.3. The SMILES string of the molecule is C=C(C)[C@@H]1Oc2ccc(C(C)=O)cc2[C@H]1OC(=O)C(C)=CC. The highest BCUT2D eigenvalue weighted by Gasteiger charge is 2.38. The van der Waals surface area contributed by atoms with E-state index in [1.807, 2.05) is 6.92 Å². The van der Waals surface area contributed by atoms with Gasteiger partial charge in [-0.2, -0.15) is 0 Å². The molecule has 4 nitrogen and oxygen atoms in total. The summed E-state index contributed by atoms with van der Waals surface area (Å²) in [6.07, 6.45) is 0.667. The van der Waals surface area contributed by atoms with E-state index in [9.17, 15) is 9.59 Å². The molecule has 2 atom stereocenters. The third-order valence-electron chi connectivity index (χ3n) is 3.73. The summed E-state index contributed by atoms with van der Waals surface area (Å²) in [4.78, 5) is 23.7. The largest absolute Gasteiger partial charge is 0.481 e. The van der Waals surface area contributed by atoms with E-state index >= 15 is 0 Å². The van der Waals surface area contributed by atoms with Gasteiger partial charge in [0.25, 0.3) is 0 Å². The van der Waals surface area contributed by atoms with Crippen LogP contribution in [-0.4, -0.2) is 17.9 Å². The molecule has 1 aliphatic rings. The molecule has 4 heteroatoms. The number of ketones is 1. The minimum Gasteiger partial charge on any atom is -0.481 e. The molecule has 116 valence electrons. The molecule has 2 rings (SSSR count). The summed E-state index contributed by atoms with van der Waals surface area (Å²) in [5.41, 5.74) is 2.56. The normalized spacial score (nSPS) is 20.1. The maximum absolute atomic E-state index is 12.1. The van der Waals surface area contributed by atoms with Gasteiger partial charge in [0.1, 0.15) is 5.75 Å². The van der Waals surface area contributed by atoms with Crippen LogP contribution in [0.4, 0.5) is 0 Å². The first-order valence-corrected chi connectivity index (χ1v) is 7.16. The second kappa shape index (κ2) is 6.18. The summed E-state index contributed by atoms with van der Waals surface area (Å²) < 4.78 is 11.4. The predicted molar refractivity (Wildman–Crippen MR) is 83.9 cm³/mol. The quantitative estimate of drug-likeness (QED) is 0.367. The van der Waals surface area contributed by atoms with Gasteiger partial charge in [0.2, 0.25) is 0 Å². The summed E-state index contributed by atoms with van der Waals surface area (Å²) in [5, 5.41) is 0. The third kappa shape index (κ3) is 2.96. The second-order valence-electron chi connectivity index (χ2n) is 5.49. The van der Waals surface area contributed by atoms with Gasteiger partial charge in [-0.1, -0.05) is 12.7 Å². The molecule has 0 radical (unpaired) electrons. The Kier molecular flexibility index (Phi) is 4.50. The molecule has 0 aromatic heterocycles. The molecule has 0 spiro atoms. The Balaban J connectivity index is 2.41. The number of benzene rings is 1. The summed E-state index contributed by atoms with van der Waals surface area (Å²) in [6, 6.07) is 5.17. The van der Waals surface area contributed by atoms with Crippen molar-refractivity contribution in [3.63, 3.8) is 0 Å². The minimum absolute atomic E-state index is 0.0451. The number of allylic oxidation sites excluding steroid dienone is 1. The van der Waals surface area contributed by atoms with Gasteiger partial charge in [-0.15, -0.1) is 0 Å². The summed E-state index contributed by atoms with van der Waals surface area (Å²) in [5.74, 6) is 0.175. The lowest BCUT2D eigenvalue weighted by atomic mass is 9.99. The van der Waals surface area contributed by atoms with Gasteiger partial charge in [0.15, 0.2) is 18.0 Å². The number of hydrogen-bond acceptors (Lipinski definition) is 4. The summed E-state index contributed by atoms with van der Waals surface area (Å²) >= 11 is 0. The van der Waals surface area contributed by atoms with E-state index in [0.717, 1.165) is 5.57 Å². The molecule has 1 aliphatic heterocycles. The maximum Gasteiger partial charge on any atom is 0.334 e. The number of esters is 1. The molecule has 0 bridgehead atoms. The molecule has 1 aromatic carbocycles. The van der Waals surface area contributed by atoms with Crippen molar-refractivity contribution < 1.29 is 19.1 Å². The van der Waals surface area contributed by atoms with Crippen LogP contribution in [0.2, 0.25) is 0 Å². The molecule has 0 saturated carbocycles. The smallest absolute Gasteiger partial charge is 0.334 e. The number of hydrogen-bond donors (Lipinski definition) is 0. The van der Waals surface area contributed by atoms with Crippen molar-refractivity contribution in [2.75, 3.05) is 0 Å². The fourth-order valence-corrected chi connectivity index (χ4v) is 2.27. The highest BCUT2D eigenvalue weighted by atomic mass is 16.6. The van der Waals surface area contributed by atoms with Crippen molar-refractivity contribution in [2.45, 2.75) is 39.9 Å². The zero-order chi connectivity index (χ0) is 16.4. The van der Waals surface area contributed by atoms with E-state index in [1.54, 1.807) is 38.1 Å². The van der Waals surface area contributed by atoms with Crippen molar-refractivity contribution in [3.8, 4) is 5.75 Å². The van der Waals surface area contributed by atoms with Crippen LogP contribution >= 0.6 is 0 Å². The molecule has 1 aromatic rings. The molecule has 0 amide bonds. The molecule has 0 saturated heterocycles. The average molecular weight is 300 g/mol. The van der Waals surface area contributed by atoms with Gasteiger partial charge >= 0.3 is 5.97 Å². The molecule has 0 unspecified atom stereocenters. The monoisotopic (exact) mass is 300 g/mol. The highest BCUT2D eigenvalue weighted by Crippen LogP contribution is 2.42. The van der Waals surface area contributed by atoms with E-state index in [0.29, 0.717) is 22.4 Å². The molecule has 0 aliphatic carbocycles. The zero-order valence-electron chi connectivity index (χ0n) is 13.3. The number of fused-ring (bicyclic) bond motifs is 1. The van der Waals surface area contributed by atoms with Gasteiger partial charge in [0.05, 0.1) is 0 Å². The Morgan fingerprint density at radius 2 is 1.95 bits per heavy atom. The number of rotatable bonds is 4. The van der Waals surface area contributed by atoms with Crippen LogP contribution in [-0.2, 0) is 9.53 Å². The molecular formula is C18H20O4. The Morgan fingerprint density at radius 1 is 1.27 bits per heavy atom. The second-order valence-corrected chi connectivity index (χ2v) is 5.49. The van der Waals surface area contributed by atoms with Crippen molar-refractivity contribution in [1.29, 1.82) is 0 Å². The van der Waals surface area contributed by atoms with Crippen LogP contribution in [0.1, 0.15) is 49.7 Å². The van der Waals surface area contributed by atoms with E-state index in [-0.39, 0.29) is 5.78 Å². The zero-order valence-corrected chi connectivity index (χ0v) is 13.3. The van der Waals surface area contributed by atoms with Gasteiger partial charge in [-0.05, 0) is 51.5 Å². The molecule has 1 heterocycles. The van der Waals surface area contributed by atoms with Crippen molar-refractivity contribution in [3.05, 3.63) is 53.1 Å². The Hall–Kier alpha value is -2.36. The summed E-state index contributed by atoms with van der Waals surface area (Å²) in [7, 11) is 0. The Morgan fingerprint density at radius 3 is 2.50 bits per heavy atom. The van der Waals surface area contributed by atoms with Crippen LogP contribution in [0.5, 0.6) is 5.75 Å². The van der Waals surface area contributed by atoms with Crippen molar-refractivity contribution in [2.24, 2.45) is 0 Å². The number of ether oxygens (including phenoxy) is 2. The predicted octanol–water partition coefficient (Wildman–Crippen LogP) is 3.78. The Labute approximate surface area is 130 Å². The standard InChI is InChI=1S/C18H20O4/c1-6-11(4)18(20)22-17-14-9-13(12(5)19)7-8-15(14)21-16(17)10(2)3/h6-9,16-17H,2H2,1,3-5H3/t16-,17+/m0/s1. The van der Waals surface area contributed by atoms with E-state index in [1.165, 1.54) is 6.92 Å². The van der Waals surface area contributed by atoms with Gasteiger partial charge < -0.3 is 9.47 Å². The van der Waals surface area contributed by atoms with Crippen LogP contribution < -0.4 is 4.74 Å². The maximum atomic E-state index is 12.1. The molecule has 0 fully saturated rings. The van der Waals surface area contributed by atoms with Gasteiger partial charge in [-0.3, -0.25) is 4.79 Å². The lowest BCUT2D eigenvalue weighted by Crippen LogP contribution is -2.24. The molecule has 22 heavy (non-hydrogen) atoms.